The lowest BCUT2D eigenvalue weighted by Gasteiger charge is -2.12. The van der Waals surface area contributed by atoms with Gasteiger partial charge >= 0.3 is 0 Å². The minimum atomic E-state index is -4.20. The van der Waals surface area contributed by atoms with E-state index in [1.807, 2.05) is 0 Å². The van der Waals surface area contributed by atoms with Gasteiger partial charge in [0.15, 0.2) is 15.6 Å². The van der Waals surface area contributed by atoms with Crippen molar-refractivity contribution in [2.24, 2.45) is 0 Å². The smallest absolute Gasteiger partial charge is 0.224 e. The molecule has 1 rings (SSSR count). The molecule has 0 radical (unpaired) electrons. The normalized spacial score (nSPS) is 14.2. The lowest BCUT2D eigenvalue weighted by molar-refractivity contribution is -0.115. The highest BCUT2D eigenvalue weighted by Gasteiger charge is 2.39. The highest BCUT2D eigenvalue weighted by Crippen LogP contribution is 2.20. The van der Waals surface area contributed by atoms with Crippen molar-refractivity contribution in [2.45, 2.75) is 16.4 Å². The molecule has 1 aromatic rings. The summed E-state index contributed by atoms with van der Waals surface area (Å²) in [4.78, 5) is 11.1. The Morgan fingerprint density at radius 2 is 1.53 bits per heavy atom. The number of benzene rings is 1. The highest BCUT2D eigenvalue weighted by molar-refractivity contribution is 8.09. The second-order valence-corrected chi connectivity index (χ2v) is 8.09. The van der Waals surface area contributed by atoms with E-state index in [-0.39, 0.29) is 4.90 Å². The molecule has 0 amide bonds. The summed E-state index contributed by atoms with van der Waals surface area (Å²) in [6.07, 6.45) is 0.736. The van der Waals surface area contributed by atoms with Crippen molar-refractivity contribution in [1.82, 2.24) is 0 Å². The summed E-state index contributed by atoms with van der Waals surface area (Å²) in [5.41, 5.74) is 0. The fourth-order valence-corrected chi connectivity index (χ4v) is 5.48. The van der Waals surface area contributed by atoms with Crippen molar-refractivity contribution in [2.75, 3.05) is 6.26 Å². The molecule has 0 aromatic heterocycles. The molecule has 7 heteroatoms. The van der Waals surface area contributed by atoms with Crippen LogP contribution in [0.5, 0.6) is 0 Å². The van der Waals surface area contributed by atoms with Crippen molar-refractivity contribution in [3.05, 3.63) is 30.3 Å². The Morgan fingerprint density at radius 3 is 1.88 bits per heavy atom. The molecule has 0 saturated carbocycles. The third kappa shape index (κ3) is 2.92. The first kappa shape index (κ1) is 13.9. The van der Waals surface area contributed by atoms with Crippen LogP contribution in [0.3, 0.4) is 0 Å². The minimum Gasteiger partial charge on any atom is -0.297 e. The average molecular weight is 276 g/mol. The maximum absolute atomic E-state index is 12.0. The van der Waals surface area contributed by atoms with E-state index in [9.17, 15) is 21.6 Å². The van der Waals surface area contributed by atoms with Gasteiger partial charge in [0.25, 0.3) is 0 Å². The molecule has 0 heterocycles. The molecule has 1 aromatic carbocycles. The second-order valence-electron chi connectivity index (χ2n) is 3.63. The van der Waals surface area contributed by atoms with Gasteiger partial charge in [-0.05, 0) is 19.1 Å². The van der Waals surface area contributed by atoms with Crippen LogP contribution < -0.4 is 0 Å². The zero-order valence-electron chi connectivity index (χ0n) is 9.32. The number of hydrogen-bond donors (Lipinski definition) is 0. The highest BCUT2D eigenvalue weighted by atomic mass is 32.3. The lowest BCUT2D eigenvalue weighted by Crippen LogP contribution is -2.35. The van der Waals surface area contributed by atoms with Gasteiger partial charge in [0, 0.05) is 6.26 Å². The van der Waals surface area contributed by atoms with Crippen LogP contribution in [0.2, 0.25) is 0 Å². The molecule has 0 saturated heterocycles. The fourth-order valence-electron chi connectivity index (χ4n) is 1.48. The molecule has 17 heavy (non-hydrogen) atoms. The molecule has 0 N–H and O–H groups in total. The van der Waals surface area contributed by atoms with Gasteiger partial charge in [-0.15, -0.1) is 0 Å². The van der Waals surface area contributed by atoms with E-state index >= 15 is 0 Å². The predicted octanol–water partition coefficient (Wildman–Crippen LogP) is 0.420. The molecule has 0 aliphatic heterocycles. The number of carbonyl (C=O) groups is 1. The summed E-state index contributed by atoms with van der Waals surface area (Å²) in [7, 11) is -8.20. The van der Waals surface area contributed by atoms with Crippen molar-refractivity contribution in [1.29, 1.82) is 0 Å². The van der Waals surface area contributed by atoms with Gasteiger partial charge in [0.1, 0.15) is 0 Å². The lowest BCUT2D eigenvalue weighted by atomic mass is 10.4. The van der Waals surface area contributed by atoms with E-state index in [1.54, 1.807) is 6.07 Å². The summed E-state index contributed by atoms with van der Waals surface area (Å²) in [6, 6.07) is 7.05. The Bertz CT molecular complexity index is 614. The van der Waals surface area contributed by atoms with Crippen molar-refractivity contribution in [3.63, 3.8) is 0 Å². The van der Waals surface area contributed by atoms with E-state index < -0.39 is 30.0 Å². The predicted molar refractivity (Wildman–Crippen MR) is 62.9 cm³/mol. The zero-order valence-corrected chi connectivity index (χ0v) is 11.0. The zero-order chi connectivity index (χ0) is 13.3. The molecule has 0 bridgehead atoms. The average Bonchev–Trinajstić information content (AvgIpc) is 2.15. The summed E-state index contributed by atoms with van der Waals surface area (Å²) < 4.78 is 44.8. The molecule has 1 atom stereocenters. The standard InChI is InChI=1S/C10H12O5S2/c1-8(11)10(16(2,12)13)17(14,15)9-6-4-3-5-7-9/h3-7,10H,1-2H3. The van der Waals surface area contributed by atoms with Gasteiger partial charge < -0.3 is 0 Å². The maximum atomic E-state index is 12.0. The first-order valence-electron chi connectivity index (χ1n) is 4.65. The van der Waals surface area contributed by atoms with Crippen LogP contribution >= 0.6 is 0 Å². The fraction of sp³-hybridized carbons (Fsp3) is 0.300. The number of Topliss-reactive ketones (excluding diaryl/α,β-unsaturated/α-hetero) is 1. The van der Waals surface area contributed by atoms with Crippen LogP contribution in [0.4, 0.5) is 0 Å². The van der Waals surface area contributed by atoms with Gasteiger partial charge in [-0.3, -0.25) is 4.79 Å². The Hall–Kier alpha value is -1.21. The van der Waals surface area contributed by atoms with E-state index in [0.717, 1.165) is 13.2 Å². The van der Waals surface area contributed by atoms with Gasteiger partial charge in [-0.2, -0.15) is 0 Å². The van der Waals surface area contributed by atoms with E-state index in [2.05, 4.69) is 0 Å². The Kier molecular flexibility index (Phi) is 3.73. The van der Waals surface area contributed by atoms with Crippen LogP contribution in [-0.2, 0) is 24.5 Å². The SMILES string of the molecule is CC(=O)C(S(C)(=O)=O)S(=O)(=O)c1ccccc1. The molecule has 5 nitrogen and oxygen atoms in total. The molecule has 0 aliphatic rings. The van der Waals surface area contributed by atoms with E-state index in [0.29, 0.717) is 0 Å². The topological polar surface area (TPSA) is 85.3 Å². The molecular weight excluding hydrogens is 264 g/mol. The van der Waals surface area contributed by atoms with Crippen LogP contribution in [0.25, 0.3) is 0 Å². The van der Waals surface area contributed by atoms with E-state index in [1.165, 1.54) is 24.3 Å². The Morgan fingerprint density at radius 1 is 1.06 bits per heavy atom. The molecule has 94 valence electrons. The largest absolute Gasteiger partial charge is 0.297 e. The summed E-state index contributed by atoms with van der Waals surface area (Å²) in [5, 5.41) is 0. The van der Waals surface area contributed by atoms with Gasteiger partial charge in [0.05, 0.1) is 4.90 Å². The quantitative estimate of drug-likeness (QED) is 0.795. The van der Waals surface area contributed by atoms with Crippen LogP contribution in [-0.4, -0.2) is 33.5 Å². The monoisotopic (exact) mass is 276 g/mol. The van der Waals surface area contributed by atoms with Crippen LogP contribution in [0.15, 0.2) is 35.2 Å². The molecule has 1 unspecified atom stereocenters. The van der Waals surface area contributed by atoms with Crippen molar-refractivity contribution >= 4 is 25.5 Å². The second kappa shape index (κ2) is 4.58. The number of rotatable bonds is 4. The number of hydrogen-bond acceptors (Lipinski definition) is 5. The molecule has 0 aliphatic carbocycles. The molecule has 0 fully saturated rings. The summed E-state index contributed by atoms with van der Waals surface area (Å²) >= 11 is 0. The van der Waals surface area contributed by atoms with Crippen LogP contribution in [0, 0.1) is 0 Å². The number of ketones is 1. The third-order valence-electron chi connectivity index (χ3n) is 2.07. The van der Waals surface area contributed by atoms with Crippen molar-refractivity contribution < 1.29 is 21.6 Å². The number of sulfone groups is 2. The third-order valence-corrected chi connectivity index (χ3v) is 6.82. The van der Waals surface area contributed by atoms with Gasteiger partial charge in [0.2, 0.25) is 14.4 Å². The Balaban J connectivity index is 3.46. The van der Waals surface area contributed by atoms with Crippen molar-refractivity contribution in [3.8, 4) is 0 Å². The summed E-state index contributed by atoms with van der Waals surface area (Å²) in [5.74, 6) is -0.906. The van der Waals surface area contributed by atoms with Gasteiger partial charge in [-0.1, -0.05) is 18.2 Å². The first-order valence-corrected chi connectivity index (χ1v) is 8.15. The van der Waals surface area contributed by atoms with Crippen LogP contribution in [0.1, 0.15) is 6.92 Å². The first-order chi connectivity index (χ1) is 7.67. The van der Waals surface area contributed by atoms with Gasteiger partial charge in [-0.25, -0.2) is 16.8 Å². The maximum Gasteiger partial charge on any atom is 0.224 e. The minimum absolute atomic E-state index is 0.175. The number of carbonyl (C=O) groups excluding carboxylic acids is 1. The molecular formula is C10H12O5S2. The summed E-state index contributed by atoms with van der Waals surface area (Å²) in [6.45, 7) is 0.951. The van der Waals surface area contributed by atoms with E-state index in [4.69, 9.17) is 0 Å². The molecule has 0 spiro atoms. The Labute approximate surface area is 100 Å².